The lowest BCUT2D eigenvalue weighted by Gasteiger charge is -2.43. The number of carbonyl (C=O) groups excluding carboxylic acids is 1. The average Bonchev–Trinajstić information content (AvgIpc) is 3.07. The van der Waals surface area contributed by atoms with E-state index in [1.54, 1.807) is 6.26 Å². The molecule has 132 valence electrons. The molecule has 1 spiro atoms. The third kappa shape index (κ3) is 3.61. The van der Waals surface area contributed by atoms with Crippen LogP contribution in [0.15, 0.2) is 53.1 Å². The second-order valence-electron chi connectivity index (χ2n) is 6.63. The highest BCUT2D eigenvalue weighted by Crippen LogP contribution is 2.27. The molecule has 6 nitrogen and oxygen atoms in total. The molecule has 0 aliphatic carbocycles. The molecule has 2 fully saturated rings. The van der Waals surface area contributed by atoms with Crippen molar-refractivity contribution in [2.45, 2.75) is 12.1 Å². The number of morpholine rings is 1. The zero-order valence-corrected chi connectivity index (χ0v) is 14.1. The second kappa shape index (κ2) is 7.00. The highest BCUT2D eigenvalue weighted by atomic mass is 16.6. The molecule has 2 aliphatic rings. The Labute approximate surface area is 146 Å². The van der Waals surface area contributed by atoms with Gasteiger partial charge in [0.25, 0.3) is 5.91 Å². The number of ether oxygens (including phenoxy) is 2. The van der Waals surface area contributed by atoms with Gasteiger partial charge in [0.05, 0.1) is 32.6 Å². The zero-order valence-electron chi connectivity index (χ0n) is 14.1. The first kappa shape index (κ1) is 16.3. The third-order valence-electron chi connectivity index (χ3n) is 4.71. The molecule has 2 aliphatic heterocycles. The van der Waals surface area contributed by atoms with Crippen molar-refractivity contribution in [1.82, 2.24) is 4.90 Å². The average molecular weight is 342 g/mol. The normalized spacial score (nSPS) is 25.3. The van der Waals surface area contributed by atoms with Gasteiger partial charge in [-0.1, -0.05) is 18.2 Å². The van der Waals surface area contributed by atoms with Crippen molar-refractivity contribution >= 4 is 11.6 Å². The summed E-state index contributed by atoms with van der Waals surface area (Å²) in [6.07, 6.45) is 1.69. The van der Waals surface area contributed by atoms with Gasteiger partial charge in [0.15, 0.2) is 0 Å². The van der Waals surface area contributed by atoms with E-state index in [0.29, 0.717) is 32.8 Å². The molecule has 0 radical (unpaired) electrons. The molecular formula is C19H22N2O4. The topological polar surface area (TPSA) is 55.2 Å². The zero-order chi connectivity index (χ0) is 17.1. The first-order valence-electron chi connectivity index (χ1n) is 8.56. The number of carbonyl (C=O) groups is 1. The lowest BCUT2D eigenvalue weighted by atomic mass is 10.0. The molecule has 2 saturated heterocycles. The van der Waals surface area contributed by atoms with Crippen LogP contribution in [0.1, 0.15) is 5.76 Å². The number of rotatable bonds is 3. The number of anilines is 1. The minimum absolute atomic E-state index is 0.0151. The van der Waals surface area contributed by atoms with E-state index in [4.69, 9.17) is 13.9 Å². The third-order valence-corrected chi connectivity index (χ3v) is 4.71. The van der Waals surface area contributed by atoms with Gasteiger partial charge in [-0.3, -0.25) is 9.69 Å². The Bertz CT molecular complexity index is 703. The molecule has 0 unspecified atom stereocenters. The summed E-state index contributed by atoms with van der Waals surface area (Å²) in [5.74, 6) is 0.905. The molecule has 2 aromatic rings. The summed E-state index contributed by atoms with van der Waals surface area (Å²) in [5, 5.41) is 0. The van der Waals surface area contributed by atoms with E-state index in [9.17, 15) is 4.79 Å². The molecule has 1 aromatic heterocycles. The van der Waals surface area contributed by atoms with E-state index in [-0.39, 0.29) is 12.5 Å². The fraction of sp³-hybridized carbons (Fsp3) is 0.421. The maximum Gasteiger partial charge on any atom is 0.253 e. The largest absolute Gasteiger partial charge is 0.468 e. The molecule has 1 amide bonds. The van der Waals surface area contributed by atoms with Gasteiger partial charge >= 0.3 is 0 Å². The summed E-state index contributed by atoms with van der Waals surface area (Å²) < 4.78 is 17.3. The maximum absolute atomic E-state index is 12.4. The standard InChI is InChI=1S/C19H22N2O4/c22-18-12-25-19(14-21(18)16-5-2-1-3-6-16)13-20(8-10-23-15-19)11-17-7-4-9-24-17/h1-7,9H,8,10-15H2/t19-/m0/s1. The number of hydrogen-bond donors (Lipinski definition) is 0. The number of amides is 1. The number of hydrogen-bond acceptors (Lipinski definition) is 5. The minimum atomic E-state index is -0.521. The monoisotopic (exact) mass is 342 g/mol. The van der Waals surface area contributed by atoms with E-state index < -0.39 is 5.60 Å². The fourth-order valence-electron chi connectivity index (χ4n) is 3.48. The molecule has 0 bridgehead atoms. The van der Waals surface area contributed by atoms with Gasteiger partial charge in [-0.05, 0) is 24.3 Å². The number of nitrogens with zero attached hydrogens (tertiary/aromatic N) is 2. The van der Waals surface area contributed by atoms with Crippen molar-refractivity contribution in [2.24, 2.45) is 0 Å². The lowest BCUT2D eigenvalue weighted by Crippen LogP contribution is -2.60. The van der Waals surface area contributed by atoms with Crippen molar-refractivity contribution in [1.29, 1.82) is 0 Å². The molecule has 6 heteroatoms. The Morgan fingerprint density at radius 1 is 1.08 bits per heavy atom. The lowest BCUT2D eigenvalue weighted by molar-refractivity contribution is -0.146. The molecule has 25 heavy (non-hydrogen) atoms. The molecule has 3 heterocycles. The van der Waals surface area contributed by atoms with Crippen LogP contribution in [0, 0.1) is 0 Å². The van der Waals surface area contributed by atoms with Crippen molar-refractivity contribution in [3.8, 4) is 0 Å². The van der Waals surface area contributed by atoms with Crippen LogP contribution in [0.4, 0.5) is 5.69 Å². The number of benzene rings is 1. The molecule has 1 aromatic carbocycles. The van der Waals surface area contributed by atoms with Crippen LogP contribution in [0.25, 0.3) is 0 Å². The Morgan fingerprint density at radius 2 is 1.96 bits per heavy atom. The number of furan rings is 1. The van der Waals surface area contributed by atoms with Crippen LogP contribution < -0.4 is 4.90 Å². The predicted octanol–water partition coefficient (Wildman–Crippen LogP) is 1.91. The van der Waals surface area contributed by atoms with Crippen LogP contribution in [0.3, 0.4) is 0 Å². The van der Waals surface area contributed by atoms with Crippen LogP contribution in [0.2, 0.25) is 0 Å². The molecule has 0 saturated carbocycles. The first-order chi connectivity index (χ1) is 12.2. The molecule has 1 atom stereocenters. The summed E-state index contributed by atoms with van der Waals surface area (Å²) in [6.45, 7) is 3.91. The summed E-state index contributed by atoms with van der Waals surface area (Å²) in [5.41, 5.74) is 0.379. The van der Waals surface area contributed by atoms with Crippen molar-refractivity contribution < 1.29 is 18.7 Å². The minimum Gasteiger partial charge on any atom is -0.468 e. The van der Waals surface area contributed by atoms with E-state index in [1.165, 1.54) is 0 Å². The first-order valence-corrected chi connectivity index (χ1v) is 8.56. The predicted molar refractivity (Wildman–Crippen MR) is 92.3 cm³/mol. The molecule has 0 N–H and O–H groups in total. The summed E-state index contributed by atoms with van der Waals surface area (Å²) in [6, 6.07) is 13.6. The van der Waals surface area contributed by atoms with Gasteiger partial charge in [0, 0.05) is 18.8 Å². The smallest absolute Gasteiger partial charge is 0.253 e. The van der Waals surface area contributed by atoms with E-state index in [1.807, 2.05) is 47.4 Å². The van der Waals surface area contributed by atoms with Crippen LogP contribution in [-0.2, 0) is 20.8 Å². The quantitative estimate of drug-likeness (QED) is 0.853. The summed E-state index contributed by atoms with van der Waals surface area (Å²) in [7, 11) is 0. The van der Waals surface area contributed by atoms with Gasteiger partial charge in [-0.25, -0.2) is 0 Å². The second-order valence-corrected chi connectivity index (χ2v) is 6.63. The van der Waals surface area contributed by atoms with Gasteiger partial charge in [-0.15, -0.1) is 0 Å². The van der Waals surface area contributed by atoms with E-state index in [2.05, 4.69) is 4.90 Å². The Balaban J connectivity index is 1.53. The Morgan fingerprint density at radius 3 is 2.76 bits per heavy atom. The van der Waals surface area contributed by atoms with Gasteiger partial charge in [0.1, 0.15) is 18.0 Å². The van der Waals surface area contributed by atoms with Crippen molar-refractivity contribution in [3.05, 3.63) is 54.5 Å². The highest BCUT2D eigenvalue weighted by molar-refractivity contribution is 5.95. The van der Waals surface area contributed by atoms with Crippen LogP contribution >= 0.6 is 0 Å². The summed E-state index contributed by atoms with van der Waals surface area (Å²) in [4.78, 5) is 16.5. The maximum atomic E-state index is 12.4. The molecule has 4 rings (SSSR count). The Hall–Kier alpha value is -2.15. The van der Waals surface area contributed by atoms with Crippen molar-refractivity contribution in [3.63, 3.8) is 0 Å². The highest BCUT2D eigenvalue weighted by Gasteiger charge is 2.43. The fourth-order valence-corrected chi connectivity index (χ4v) is 3.48. The Kier molecular flexibility index (Phi) is 4.57. The molecular weight excluding hydrogens is 320 g/mol. The van der Waals surface area contributed by atoms with Gasteiger partial charge in [0.2, 0.25) is 0 Å². The van der Waals surface area contributed by atoms with Gasteiger partial charge in [-0.2, -0.15) is 0 Å². The van der Waals surface area contributed by atoms with E-state index >= 15 is 0 Å². The summed E-state index contributed by atoms with van der Waals surface area (Å²) >= 11 is 0. The van der Waals surface area contributed by atoms with Crippen LogP contribution in [-0.4, -0.2) is 55.9 Å². The number of para-hydroxylation sites is 1. The van der Waals surface area contributed by atoms with Crippen molar-refractivity contribution in [2.75, 3.05) is 44.4 Å². The van der Waals surface area contributed by atoms with Gasteiger partial charge < -0.3 is 18.8 Å². The van der Waals surface area contributed by atoms with Crippen LogP contribution in [0.5, 0.6) is 0 Å². The van der Waals surface area contributed by atoms with E-state index in [0.717, 1.165) is 18.0 Å². The SMILES string of the molecule is O=C1CO[C@]2(COCCN(Cc3ccco3)C2)CN1c1ccccc1.